The average molecular weight is 419 g/mol. The summed E-state index contributed by atoms with van der Waals surface area (Å²) >= 11 is 0. The highest BCUT2D eigenvalue weighted by Gasteiger charge is 1.97. The molecule has 6 nitrogen and oxygen atoms in total. The number of aryl methyl sites for hydroxylation is 2. The molecule has 0 radical (unpaired) electrons. The molecular formula is C26H22N6. The van der Waals surface area contributed by atoms with Crippen molar-refractivity contribution in [2.75, 3.05) is 0 Å². The molecular weight excluding hydrogens is 396 g/mol. The van der Waals surface area contributed by atoms with Crippen molar-refractivity contribution in [2.24, 2.45) is 30.7 Å². The number of nitrogens with zero attached hydrogens (tertiary/aromatic N) is 6. The molecule has 0 bridgehead atoms. The van der Waals surface area contributed by atoms with Crippen LogP contribution < -0.4 is 0 Å². The second-order valence-corrected chi connectivity index (χ2v) is 7.21. The summed E-state index contributed by atoms with van der Waals surface area (Å²) in [6, 6.07) is 30.7. The van der Waals surface area contributed by atoms with Gasteiger partial charge in [-0.2, -0.15) is 30.7 Å². The smallest absolute Gasteiger partial charge is 0.0886 e. The normalized spacial score (nSPS) is 11.7. The summed E-state index contributed by atoms with van der Waals surface area (Å²) in [6.45, 7) is 4.02. The molecule has 0 unspecified atom stereocenters. The van der Waals surface area contributed by atoms with E-state index >= 15 is 0 Å². The molecule has 0 saturated heterocycles. The molecule has 0 spiro atoms. The first-order chi connectivity index (χ1) is 15.7. The van der Waals surface area contributed by atoms with Crippen molar-refractivity contribution in [3.05, 3.63) is 108 Å². The number of hydrogen-bond donors (Lipinski definition) is 0. The Morgan fingerprint density at radius 1 is 0.344 bits per heavy atom. The zero-order valence-corrected chi connectivity index (χ0v) is 17.9. The van der Waals surface area contributed by atoms with E-state index in [2.05, 4.69) is 30.7 Å². The van der Waals surface area contributed by atoms with E-state index in [1.165, 1.54) is 0 Å². The molecule has 0 fully saturated rings. The molecule has 0 aliphatic heterocycles. The highest BCUT2D eigenvalue weighted by Crippen LogP contribution is 2.26. The molecule has 0 aromatic heterocycles. The molecule has 4 rings (SSSR count). The first-order valence-electron chi connectivity index (χ1n) is 10.2. The highest BCUT2D eigenvalue weighted by molar-refractivity contribution is 5.51. The number of rotatable bonds is 6. The van der Waals surface area contributed by atoms with Gasteiger partial charge in [0, 0.05) is 0 Å². The third-order valence-electron chi connectivity index (χ3n) is 4.76. The maximum absolute atomic E-state index is 4.30. The van der Waals surface area contributed by atoms with Crippen LogP contribution in [-0.4, -0.2) is 0 Å². The van der Waals surface area contributed by atoms with Gasteiger partial charge in [0.15, 0.2) is 0 Å². The van der Waals surface area contributed by atoms with Crippen molar-refractivity contribution in [1.29, 1.82) is 0 Å². The molecule has 4 aromatic rings. The van der Waals surface area contributed by atoms with Crippen molar-refractivity contribution in [2.45, 2.75) is 13.8 Å². The standard InChI is InChI=1S/C26H22N6/c1-19-7-3-5-9-25(19)31-29-23-15-11-21(12-16-23)27-28-22-13-17-24(18-14-22)30-32-26-10-6-4-8-20(26)2/h3-18H,1-2H3. The Labute approximate surface area is 187 Å². The van der Waals surface area contributed by atoms with Crippen molar-refractivity contribution >= 4 is 34.1 Å². The Morgan fingerprint density at radius 3 is 0.938 bits per heavy atom. The maximum Gasteiger partial charge on any atom is 0.0886 e. The lowest BCUT2D eigenvalue weighted by atomic mass is 10.2. The van der Waals surface area contributed by atoms with Gasteiger partial charge in [0.1, 0.15) is 0 Å². The lowest BCUT2D eigenvalue weighted by Gasteiger charge is -1.98. The number of hydrogen-bond acceptors (Lipinski definition) is 6. The molecule has 32 heavy (non-hydrogen) atoms. The summed E-state index contributed by atoms with van der Waals surface area (Å²) in [6.07, 6.45) is 0. The molecule has 0 heterocycles. The summed E-state index contributed by atoms with van der Waals surface area (Å²) < 4.78 is 0. The van der Waals surface area contributed by atoms with Gasteiger partial charge in [0.2, 0.25) is 0 Å². The lowest BCUT2D eigenvalue weighted by Crippen LogP contribution is -1.71. The van der Waals surface area contributed by atoms with Gasteiger partial charge in [-0.1, -0.05) is 36.4 Å². The van der Waals surface area contributed by atoms with Crippen LogP contribution in [0.25, 0.3) is 0 Å². The molecule has 0 saturated carbocycles. The van der Waals surface area contributed by atoms with Crippen molar-refractivity contribution < 1.29 is 0 Å². The van der Waals surface area contributed by atoms with Crippen LogP contribution in [0.4, 0.5) is 34.1 Å². The van der Waals surface area contributed by atoms with Gasteiger partial charge in [-0.3, -0.25) is 0 Å². The molecule has 156 valence electrons. The van der Waals surface area contributed by atoms with Crippen LogP contribution >= 0.6 is 0 Å². The van der Waals surface area contributed by atoms with Crippen molar-refractivity contribution in [3.8, 4) is 0 Å². The van der Waals surface area contributed by atoms with Crippen LogP contribution in [0.3, 0.4) is 0 Å². The van der Waals surface area contributed by atoms with E-state index < -0.39 is 0 Å². The Bertz CT molecular complexity index is 1170. The molecule has 4 aromatic carbocycles. The molecule has 0 amide bonds. The number of benzene rings is 4. The van der Waals surface area contributed by atoms with Gasteiger partial charge < -0.3 is 0 Å². The Kier molecular flexibility index (Phi) is 6.63. The minimum Gasteiger partial charge on any atom is -0.151 e. The van der Waals surface area contributed by atoms with E-state index in [1.54, 1.807) is 0 Å². The van der Waals surface area contributed by atoms with E-state index in [1.807, 2.05) is 111 Å². The van der Waals surface area contributed by atoms with E-state index in [0.29, 0.717) is 0 Å². The van der Waals surface area contributed by atoms with Gasteiger partial charge in [-0.05, 0) is 85.6 Å². The van der Waals surface area contributed by atoms with Crippen LogP contribution in [0.1, 0.15) is 11.1 Å². The summed E-state index contributed by atoms with van der Waals surface area (Å²) in [4.78, 5) is 0. The first kappa shape index (κ1) is 20.9. The minimum absolute atomic E-state index is 0.739. The summed E-state index contributed by atoms with van der Waals surface area (Å²) in [7, 11) is 0. The maximum atomic E-state index is 4.30. The second-order valence-electron chi connectivity index (χ2n) is 7.21. The van der Waals surface area contributed by atoms with Crippen LogP contribution in [0.15, 0.2) is 128 Å². The zero-order valence-electron chi connectivity index (χ0n) is 17.9. The van der Waals surface area contributed by atoms with Crippen LogP contribution in [-0.2, 0) is 0 Å². The fourth-order valence-electron chi connectivity index (χ4n) is 2.86. The van der Waals surface area contributed by atoms with Crippen molar-refractivity contribution in [1.82, 2.24) is 0 Å². The first-order valence-corrected chi connectivity index (χ1v) is 10.2. The SMILES string of the molecule is Cc1ccccc1N=Nc1ccc(N=Nc2ccc(N=Nc3ccccc3C)cc2)cc1. The Morgan fingerprint density at radius 2 is 0.625 bits per heavy atom. The zero-order chi connectivity index (χ0) is 22.2. The monoisotopic (exact) mass is 418 g/mol. The average Bonchev–Trinajstić information content (AvgIpc) is 2.83. The molecule has 0 atom stereocenters. The largest absolute Gasteiger partial charge is 0.151 e. The summed E-state index contributed by atoms with van der Waals surface area (Å²) in [5.74, 6) is 0. The van der Waals surface area contributed by atoms with Crippen LogP contribution in [0.5, 0.6) is 0 Å². The van der Waals surface area contributed by atoms with Crippen molar-refractivity contribution in [3.63, 3.8) is 0 Å². The second kappa shape index (κ2) is 10.1. The van der Waals surface area contributed by atoms with Gasteiger partial charge >= 0.3 is 0 Å². The number of azo groups is 3. The summed E-state index contributed by atoms with van der Waals surface area (Å²) in [5, 5.41) is 25.7. The highest BCUT2D eigenvalue weighted by atomic mass is 15.1. The Balaban J connectivity index is 1.38. The predicted molar refractivity (Wildman–Crippen MR) is 128 cm³/mol. The topological polar surface area (TPSA) is 74.2 Å². The van der Waals surface area contributed by atoms with E-state index in [4.69, 9.17) is 0 Å². The van der Waals surface area contributed by atoms with Crippen LogP contribution in [0.2, 0.25) is 0 Å². The molecule has 6 heteroatoms. The summed E-state index contributed by atoms with van der Waals surface area (Å²) in [5.41, 5.74) is 6.89. The van der Waals surface area contributed by atoms with Crippen LogP contribution in [0, 0.1) is 13.8 Å². The lowest BCUT2D eigenvalue weighted by molar-refractivity contribution is 1.19. The Hall–Kier alpha value is -4.32. The molecule has 0 aliphatic rings. The fraction of sp³-hybridized carbons (Fsp3) is 0.0769. The van der Waals surface area contributed by atoms with Gasteiger partial charge in [0.05, 0.1) is 34.1 Å². The van der Waals surface area contributed by atoms with Gasteiger partial charge in [0.25, 0.3) is 0 Å². The van der Waals surface area contributed by atoms with E-state index in [9.17, 15) is 0 Å². The minimum atomic E-state index is 0.739. The van der Waals surface area contributed by atoms with E-state index in [0.717, 1.165) is 45.3 Å². The van der Waals surface area contributed by atoms with E-state index in [-0.39, 0.29) is 0 Å². The molecule has 0 N–H and O–H groups in total. The third kappa shape index (κ3) is 5.64. The van der Waals surface area contributed by atoms with Gasteiger partial charge in [-0.25, -0.2) is 0 Å². The quantitative estimate of drug-likeness (QED) is 0.280. The molecule has 0 aliphatic carbocycles. The third-order valence-corrected chi connectivity index (χ3v) is 4.76. The predicted octanol–water partition coefficient (Wildman–Crippen LogP) is 9.55. The fourth-order valence-corrected chi connectivity index (χ4v) is 2.86. The van der Waals surface area contributed by atoms with Gasteiger partial charge in [-0.15, -0.1) is 0 Å².